The van der Waals surface area contributed by atoms with E-state index < -0.39 is 15.6 Å². The van der Waals surface area contributed by atoms with Gasteiger partial charge >= 0.3 is 0 Å². The van der Waals surface area contributed by atoms with E-state index in [0.29, 0.717) is 17.1 Å². The number of benzene rings is 2. The first-order valence-corrected chi connectivity index (χ1v) is 10.8. The third-order valence-electron chi connectivity index (χ3n) is 4.83. The quantitative estimate of drug-likeness (QED) is 0.648. The number of aromatic nitrogens is 1. The summed E-state index contributed by atoms with van der Waals surface area (Å²) in [6.07, 6.45) is 4.00. The van der Waals surface area contributed by atoms with E-state index in [-0.39, 0.29) is 6.42 Å². The number of sulfonamides is 1. The number of hydrogen-bond acceptors (Lipinski definition) is 3. The molecule has 0 radical (unpaired) electrons. The average Bonchev–Trinajstić information content (AvgIpc) is 3.05. The fourth-order valence-electron chi connectivity index (χ4n) is 3.55. The number of fused-ring (bicyclic) bond motifs is 1. The summed E-state index contributed by atoms with van der Waals surface area (Å²) in [5.41, 5.74) is 1.78. The number of nitrogens with zero attached hydrogens (tertiary/aromatic N) is 2. The Morgan fingerprint density at radius 3 is 2.48 bits per heavy atom. The first-order valence-electron chi connectivity index (χ1n) is 8.52. The normalized spacial score (nSPS) is 13.9. The van der Waals surface area contributed by atoms with Crippen LogP contribution in [-0.4, -0.2) is 19.2 Å². The van der Waals surface area contributed by atoms with Gasteiger partial charge in [0.25, 0.3) is 0 Å². The summed E-state index contributed by atoms with van der Waals surface area (Å²) in [7, 11) is -3.39. The highest BCUT2D eigenvalue weighted by molar-refractivity contribution is 7.92. The molecular formula is C20H20ClN3O2S. The van der Waals surface area contributed by atoms with Crippen LogP contribution in [0.5, 0.6) is 0 Å². The molecule has 1 unspecified atom stereocenters. The van der Waals surface area contributed by atoms with Crippen LogP contribution in [0.2, 0.25) is 5.02 Å². The third-order valence-corrected chi connectivity index (χ3v) is 5.67. The van der Waals surface area contributed by atoms with Crippen molar-refractivity contribution in [3.05, 3.63) is 65.3 Å². The molecule has 1 aromatic heterocycles. The van der Waals surface area contributed by atoms with E-state index in [0.717, 1.165) is 22.7 Å². The molecular weight excluding hydrogens is 382 g/mol. The molecule has 0 saturated heterocycles. The van der Waals surface area contributed by atoms with Crippen molar-refractivity contribution in [1.29, 1.82) is 5.26 Å². The minimum Gasteiger partial charge on any atom is -0.336 e. The molecule has 1 heterocycles. The Morgan fingerprint density at radius 2 is 1.89 bits per heavy atom. The molecule has 0 bridgehead atoms. The Labute approximate surface area is 164 Å². The molecule has 0 aliphatic rings. The molecule has 0 amide bonds. The van der Waals surface area contributed by atoms with Gasteiger partial charge in [0.2, 0.25) is 10.0 Å². The molecule has 0 aliphatic heterocycles. The van der Waals surface area contributed by atoms with E-state index in [1.165, 1.54) is 0 Å². The van der Waals surface area contributed by atoms with E-state index in [1.807, 2.05) is 49.5 Å². The Kier molecular flexibility index (Phi) is 5.18. The van der Waals surface area contributed by atoms with Gasteiger partial charge in [-0.15, -0.1) is 0 Å². The lowest BCUT2D eigenvalue weighted by Gasteiger charge is -2.34. The standard InChI is InChI=1S/C20H20ClN3O2S/c1-3-20(12-13-22,15-7-9-16(21)10-8-15)24-14-11-17-18(23-27(2,25)26)5-4-6-19(17)24/h4-11,14,23H,3,12H2,1-2H3. The summed E-state index contributed by atoms with van der Waals surface area (Å²) in [5.74, 6) is 0. The van der Waals surface area contributed by atoms with Crippen molar-refractivity contribution in [2.24, 2.45) is 0 Å². The largest absolute Gasteiger partial charge is 0.336 e. The number of rotatable bonds is 6. The van der Waals surface area contributed by atoms with Crippen LogP contribution in [0.4, 0.5) is 5.69 Å². The highest BCUT2D eigenvalue weighted by atomic mass is 35.5. The van der Waals surface area contributed by atoms with Crippen molar-refractivity contribution in [2.45, 2.75) is 25.3 Å². The molecule has 7 heteroatoms. The van der Waals surface area contributed by atoms with Gasteiger partial charge in [-0.05, 0) is 42.3 Å². The first kappa shape index (κ1) is 19.3. The van der Waals surface area contributed by atoms with Crippen LogP contribution in [-0.2, 0) is 15.6 Å². The summed E-state index contributed by atoms with van der Waals surface area (Å²) >= 11 is 6.05. The van der Waals surface area contributed by atoms with Gasteiger partial charge in [0.1, 0.15) is 0 Å². The zero-order valence-electron chi connectivity index (χ0n) is 15.1. The molecule has 3 aromatic rings. The average molecular weight is 402 g/mol. The minimum atomic E-state index is -3.39. The summed E-state index contributed by atoms with van der Waals surface area (Å²) in [6, 6.07) is 17.2. The zero-order valence-corrected chi connectivity index (χ0v) is 16.7. The summed E-state index contributed by atoms with van der Waals surface area (Å²) in [4.78, 5) is 0. The van der Waals surface area contributed by atoms with E-state index in [4.69, 9.17) is 11.6 Å². The monoisotopic (exact) mass is 401 g/mol. The lowest BCUT2D eigenvalue weighted by molar-refractivity contribution is 0.359. The van der Waals surface area contributed by atoms with Crippen LogP contribution in [0.1, 0.15) is 25.3 Å². The van der Waals surface area contributed by atoms with Crippen molar-refractivity contribution < 1.29 is 8.42 Å². The number of nitriles is 1. The van der Waals surface area contributed by atoms with Gasteiger partial charge in [-0.2, -0.15) is 5.26 Å². The van der Waals surface area contributed by atoms with Gasteiger partial charge < -0.3 is 4.57 Å². The molecule has 0 saturated carbocycles. The predicted octanol–water partition coefficient (Wildman–Crippen LogP) is 4.73. The van der Waals surface area contributed by atoms with Crippen LogP contribution < -0.4 is 4.72 Å². The van der Waals surface area contributed by atoms with E-state index in [9.17, 15) is 13.7 Å². The highest BCUT2D eigenvalue weighted by Gasteiger charge is 2.33. The summed E-state index contributed by atoms with van der Waals surface area (Å²) in [6.45, 7) is 2.04. The number of nitrogens with one attached hydrogen (secondary N) is 1. The third kappa shape index (κ3) is 3.66. The van der Waals surface area contributed by atoms with Gasteiger partial charge in [-0.1, -0.05) is 36.7 Å². The van der Waals surface area contributed by atoms with E-state index in [1.54, 1.807) is 12.1 Å². The van der Waals surface area contributed by atoms with Crippen molar-refractivity contribution in [1.82, 2.24) is 4.57 Å². The zero-order chi connectivity index (χ0) is 19.7. The van der Waals surface area contributed by atoms with Crippen LogP contribution in [0.3, 0.4) is 0 Å². The van der Waals surface area contributed by atoms with Gasteiger partial charge in [-0.25, -0.2) is 8.42 Å². The van der Waals surface area contributed by atoms with Gasteiger partial charge in [0.15, 0.2) is 0 Å². The highest BCUT2D eigenvalue weighted by Crippen LogP contribution is 2.38. The van der Waals surface area contributed by atoms with Crippen LogP contribution in [0.25, 0.3) is 10.9 Å². The summed E-state index contributed by atoms with van der Waals surface area (Å²) in [5, 5.41) is 11.0. The molecule has 140 valence electrons. The molecule has 3 rings (SSSR count). The molecule has 1 atom stereocenters. The second-order valence-electron chi connectivity index (χ2n) is 6.53. The molecule has 27 heavy (non-hydrogen) atoms. The number of hydrogen-bond donors (Lipinski definition) is 1. The number of halogens is 1. The SMILES string of the molecule is CCC(CC#N)(c1ccc(Cl)cc1)n1ccc2c(NS(C)(=O)=O)cccc21. The van der Waals surface area contributed by atoms with Crippen molar-refractivity contribution in [3.8, 4) is 6.07 Å². The summed E-state index contributed by atoms with van der Waals surface area (Å²) < 4.78 is 28.0. The van der Waals surface area contributed by atoms with E-state index >= 15 is 0 Å². The Hall–Kier alpha value is -2.49. The van der Waals surface area contributed by atoms with Crippen LogP contribution in [0, 0.1) is 11.3 Å². The minimum absolute atomic E-state index is 0.276. The Morgan fingerprint density at radius 1 is 1.19 bits per heavy atom. The molecule has 0 spiro atoms. The smallest absolute Gasteiger partial charge is 0.229 e. The maximum atomic E-state index is 11.7. The van der Waals surface area contributed by atoms with Gasteiger partial charge in [-0.3, -0.25) is 4.72 Å². The molecule has 0 aliphatic carbocycles. The van der Waals surface area contributed by atoms with Crippen molar-refractivity contribution >= 4 is 38.2 Å². The lowest BCUT2D eigenvalue weighted by Crippen LogP contribution is -2.33. The fourth-order valence-corrected chi connectivity index (χ4v) is 4.25. The fraction of sp³-hybridized carbons (Fsp3) is 0.250. The first-order chi connectivity index (χ1) is 12.8. The molecule has 1 N–H and O–H groups in total. The van der Waals surface area contributed by atoms with Crippen LogP contribution in [0.15, 0.2) is 54.7 Å². The lowest BCUT2D eigenvalue weighted by atomic mass is 9.84. The second kappa shape index (κ2) is 7.26. The topological polar surface area (TPSA) is 74.9 Å². The second-order valence-corrected chi connectivity index (χ2v) is 8.71. The van der Waals surface area contributed by atoms with Crippen molar-refractivity contribution in [3.63, 3.8) is 0 Å². The molecule has 5 nitrogen and oxygen atoms in total. The number of anilines is 1. The predicted molar refractivity (Wildman–Crippen MR) is 109 cm³/mol. The van der Waals surface area contributed by atoms with E-state index in [2.05, 4.69) is 15.4 Å². The van der Waals surface area contributed by atoms with Gasteiger partial charge in [0.05, 0.1) is 35.5 Å². The Balaban J connectivity index is 2.25. The molecule has 0 fully saturated rings. The maximum absolute atomic E-state index is 11.7. The maximum Gasteiger partial charge on any atom is 0.229 e. The van der Waals surface area contributed by atoms with Gasteiger partial charge in [0, 0.05) is 16.6 Å². The Bertz CT molecular complexity index is 1110. The van der Waals surface area contributed by atoms with Crippen LogP contribution >= 0.6 is 11.6 Å². The molecule has 2 aromatic carbocycles. The van der Waals surface area contributed by atoms with Crippen molar-refractivity contribution in [2.75, 3.05) is 11.0 Å².